The van der Waals surface area contributed by atoms with Gasteiger partial charge in [0.1, 0.15) is 5.82 Å². The maximum atomic E-state index is 5.24. The van der Waals surface area contributed by atoms with Crippen molar-refractivity contribution in [2.75, 3.05) is 23.5 Å². The van der Waals surface area contributed by atoms with E-state index in [0.717, 1.165) is 62.4 Å². The Balaban J connectivity index is 1.25. The maximum Gasteiger partial charge on any atom is 0.164 e. The number of aromatic nitrogens is 5. The molecule has 3 aromatic heterocycles. The summed E-state index contributed by atoms with van der Waals surface area (Å²) in [4.78, 5) is 25.2. The average Bonchev–Trinajstić information content (AvgIpc) is 3.68. The van der Waals surface area contributed by atoms with Crippen LogP contribution in [0.25, 0.3) is 61.8 Å². The lowest BCUT2D eigenvalue weighted by atomic mass is 9.88. The van der Waals surface area contributed by atoms with Crippen molar-refractivity contribution in [1.82, 2.24) is 24.5 Å². The third-order valence-electron chi connectivity index (χ3n) is 10.7. The zero-order valence-corrected chi connectivity index (χ0v) is 31.9. The van der Waals surface area contributed by atoms with E-state index in [1.54, 1.807) is 0 Å². The summed E-state index contributed by atoms with van der Waals surface area (Å²) in [6.07, 6.45) is 1.92. The number of rotatable bonds is 5. The van der Waals surface area contributed by atoms with Crippen LogP contribution in [-0.4, -0.2) is 38.2 Å². The van der Waals surface area contributed by atoms with Gasteiger partial charge in [0.15, 0.2) is 17.5 Å². The van der Waals surface area contributed by atoms with Crippen LogP contribution < -0.4 is 9.80 Å². The minimum Gasteiger partial charge on any atom is -0.355 e. The average molecular weight is 706 g/mol. The fourth-order valence-corrected chi connectivity index (χ4v) is 8.06. The van der Waals surface area contributed by atoms with E-state index in [-0.39, 0.29) is 5.41 Å². The van der Waals surface area contributed by atoms with Gasteiger partial charge in [0.25, 0.3) is 0 Å². The van der Waals surface area contributed by atoms with Crippen molar-refractivity contribution in [2.45, 2.75) is 47.0 Å². The molecule has 266 valence electrons. The molecule has 7 nitrogen and oxygen atoms in total. The van der Waals surface area contributed by atoms with Crippen LogP contribution >= 0.6 is 0 Å². The van der Waals surface area contributed by atoms with Gasteiger partial charge in [0.05, 0.1) is 29.1 Å². The SMILES string of the molecule is Cc1cc(C)c(-c2nc(-c3cccc(N4CN(C)c5ccccc54)c3)nc(-c3ccc4c5ccccc5n(-c5cc(C(C)(C)C)ccn5)c4c3)n2)c(C)c1. The summed E-state index contributed by atoms with van der Waals surface area (Å²) in [6, 6.07) is 40.9. The molecule has 0 radical (unpaired) electrons. The van der Waals surface area contributed by atoms with E-state index in [2.05, 4.69) is 178 Å². The molecule has 0 saturated carbocycles. The van der Waals surface area contributed by atoms with Gasteiger partial charge in [-0.05, 0) is 91.4 Å². The van der Waals surface area contributed by atoms with Crippen LogP contribution in [0.5, 0.6) is 0 Å². The van der Waals surface area contributed by atoms with Crippen LogP contribution in [0.3, 0.4) is 0 Å². The number of pyridine rings is 1. The topological polar surface area (TPSA) is 63.0 Å². The van der Waals surface area contributed by atoms with Gasteiger partial charge in [0.2, 0.25) is 0 Å². The Morgan fingerprint density at radius 3 is 2.02 bits per heavy atom. The first kappa shape index (κ1) is 33.5. The van der Waals surface area contributed by atoms with E-state index in [4.69, 9.17) is 19.9 Å². The van der Waals surface area contributed by atoms with Crippen LogP contribution in [0.4, 0.5) is 17.1 Å². The van der Waals surface area contributed by atoms with Crippen molar-refractivity contribution in [3.05, 3.63) is 144 Å². The lowest BCUT2D eigenvalue weighted by molar-refractivity contribution is 0.588. The molecule has 1 aliphatic heterocycles. The second-order valence-corrected chi connectivity index (χ2v) is 15.6. The molecule has 0 bridgehead atoms. The number of benzene rings is 5. The molecule has 7 heteroatoms. The molecule has 0 amide bonds. The highest BCUT2D eigenvalue weighted by Crippen LogP contribution is 2.41. The van der Waals surface area contributed by atoms with Crippen LogP contribution in [0.2, 0.25) is 0 Å². The lowest BCUT2D eigenvalue weighted by Crippen LogP contribution is -2.23. The summed E-state index contributed by atoms with van der Waals surface area (Å²) < 4.78 is 2.27. The largest absolute Gasteiger partial charge is 0.355 e. The summed E-state index contributed by atoms with van der Waals surface area (Å²) >= 11 is 0. The first-order valence-electron chi connectivity index (χ1n) is 18.6. The van der Waals surface area contributed by atoms with E-state index in [0.29, 0.717) is 17.5 Å². The third-order valence-corrected chi connectivity index (χ3v) is 10.7. The minimum absolute atomic E-state index is 0.0169. The zero-order chi connectivity index (χ0) is 37.3. The Morgan fingerprint density at radius 2 is 1.26 bits per heavy atom. The van der Waals surface area contributed by atoms with Gasteiger partial charge >= 0.3 is 0 Å². The van der Waals surface area contributed by atoms with Gasteiger partial charge in [-0.25, -0.2) is 19.9 Å². The maximum absolute atomic E-state index is 5.24. The first-order chi connectivity index (χ1) is 26.0. The number of aryl methyl sites for hydroxylation is 3. The summed E-state index contributed by atoms with van der Waals surface area (Å²) in [7, 11) is 2.13. The van der Waals surface area contributed by atoms with Crippen LogP contribution in [0.15, 0.2) is 121 Å². The molecule has 0 unspecified atom stereocenters. The molecule has 0 spiro atoms. The molecule has 4 heterocycles. The van der Waals surface area contributed by atoms with E-state index in [1.165, 1.54) is 27.9 Å². The highest BCUT2D eigenvalue weighted by Gasteiger charge is 2.25. The summed E-state index contributed by atoms with van der Waals surface area (Å²) in [5.74, 6) is 2.82. The molecular formula is C47H43N7. The highest BCUT2D eigenvalue weighted by atomic mass is 15.4. The monoisotopic (exact) mass is 705 g/mol. The predicted molar refractivity (Wildman–Crippen MR) is 223 cm³/mol. The molecule has 5 aromatic carbocycles. The summed E-state index contributed by atoms with van der Waals surface area (Å²) in [5, 5.41) is 2.33. The van der Waals surface area contributed by atoms with Crippen molar-refractivity contribution >= 4 is 38.9 Å². The van der Waals surface area contributed by atoms with Crippen molar-refractivity contribution in [3.8, 4) is 40.0 Å². The number of nitrogens with zero attached hydrogens (tertiary/aromatic N) is 7. The van der Waals surface area contributed by atoms with Gasteiger partial charge < -0.3 is 9.80 Å². The van der Waals surface area contributed by atoms with Gasteiger partial charge in [-0.2, -0.15) is 0 Å². The molecule has 0 saturated heterocycles. The normalized spacial score (nSPS) is 12.9. The Kier molecular flexibility index (Phi) is 7.85. The van der Waals surface area contributed by atoms with Crippen LogP contribution in [0.1, 0.15) is 43.0 Å². The fraction of sp³-hybridized carbons (Fsp3) is 0.191. The number of para-hydroxylation sites is 3. The third kappa shape index (κ3) is 5.68. The van der Waals surface area contributed by atoms with Crippen molar-refractivity contribution in [3.63, 3.8) is 0 Å². The molecular weight excluding hydrogens is 663 g/mol. The molecule has 0 N–H and O–H groups in total. The van der Waals surface area contributed by atoms with Gasteiger partial charge in [0, 0.05) is 46.4 Å². The second-order valence-electron chi connectivity index (χ2n) is 15.6. The minimum atomic E-state index is -0.0169. The number of anilines is 3. The zero-order valence-electron chi connectivity index (χ0n) is 31.9. The number of hydrogen-bond acceptors (Lipinski definition) is 6. The molecule has 0 aliphatic carbocycles. The number of hydrogen-bond donors (Lipinski definition) is 0. The van der Waals surface area contributed by atoms with Gasteiger partial charge in [-0.3, -0.25) is 4.57 Å². The molecule has 0 fully saturated rings. The van der Waals surface area contributed by atoms with E-state index >= 15 is 0 Å². The van der Waals surface area contributed by atoms with E-state index < -0.39 is 0 Å². The van der Waals surface area contributed by atoms with Crippen LogP contribution in [-0.2, 0) is 5.41 Å². The molecule has 54 heavy (non-hydrogen) atoms. The quantitative estimate of drug-likeness (QED) is 0.178. The Morgan fingerprint density at radius 1 is 0.593 bits per heavy atom. The predicted octanol–water partition coefficient (Wildman–Crippen LogP) is 11.1. The van der Waals surface area contributed by atoms with Crippen molar-refractivity contribution < 1.29 is 0 Å². The summed E-state index contributed by atoms with van der Waals surface area (Å²) in [6.45, 7) is 13.9. The smallest absolute Gasteiger partial charge is 0.164 e. The standard InChI is InChI=1S/C47H43N7/c1-29-23-30(2)43(31(3)24-29)46-50-44(32-13-12-14-35(25-32)53-28-52(7)39-17-10-11-18-40(39)53)49-45(51-46)33-19-20-37-36-15-8-9-16-38(36)54(41(37)26-33)42-27-34(21-22-48-42)47(4,5)6/h8-27H,28H2,1-7H3. The van der Waals surface area contributed by atoms with Crippen molar-refractivity contribution in [2.24, 2.45) is 0 Å². The van der Waals surface area contributed by atoms with Crippen molar-refractivity contribution in [1.29, 1.82) is 0 Å². The van der Waals surface area contributed by atoms with Gasteiger partial charge in [-0.15, -0.1) is 0 Å². The molecule has 9 rings (SSSR count). The molecule has 8 aromatic rings. The second kappa shape index (κ2) is 12.7. The first-order valence-corrected chi connectivity index (χ1v) is 18.6. The number of fused-ring (bicyclic) bond motifs is 4. The van der Waals surface area contributed by atoms with E-state index in [9.17, 15) is 0 Å². The Bertz CT molecular complexity index is 2730. The highest BCUT2D eigenvalue weighted by molar-refractivity contribution is 6.10. The van der Waals surface area contributed by atoms with Crippen LogP contribution in [0, 0.1) is 20.8 Å². The lowest BCUT2D eigenvalue weighted by Gasteiger charge is -2.20. The Hall–Kier alpha value is -6.34. The fourth-order valence-electron chi connectivity index (χ4n) is 8.06. The molecule has 0 atom stereocenters. The Labute approximate surface area is 316 Å². The van der Waals surface area contributed by atoms with E-state index in [1.807, 2.05) is 6.20 Å². The molecule has 1 aliphatic rings. The summed E-state index contributed by atoms with van der Waals surface area (Å²) in [5.41, 5.74) is 13.3. The van der Waals surface area contributed by atoms with Gasteiger partial charge in [-0.1, -0.05) is 93.1 Å².